The van der Waals surface area contributed by atoms with Gasteiger partial charge in [0.2, 0.25) is 0 Å². The number of aliphatic hydroxyl groups is 2. The van der Waals surface area contributed by atoms with Crippen molar-refractivity contribution in [3.05, 3.63) is 41.7 Å². The summed E-state index contributed by atoms with van der Waals surface area (Å²) < 4.78 is 5.60. The van der Waals surface area contributed by atoms with Crippen LogP contribution in [0.15, 0.2) is 30.3 Å². The van der Waals surface area contributed by atoms with Gasteiger partial charge in [0.1, 0.15) is 5.75 Å². The van der Waals surface area contributed by atoms with Crippen molar-refractivity contribution in [2.45, 2.75) is 20.0 Å². The number of benzene rings is 1. The molecular formula is C15H19N3O3. The van der Waals surface area contributed by atoms with E-state index in [0.29, 0.717) is 11.8 Å². The second-order valence-corrected chi connectivity index (χ2v) is 4.78. The molecule has 0 saturated heterocycles. The molecule has 1 aromatic carbocycles. The highest BCUT2D eigenvalue weighted by atomic mass is 16.5. The number of aromatic nitrogens is 2. The predicted octanol–water partition coefficient (Wildman–Crippen LogP) is 1.65. The summed E-state index contributed by atoms with van der Waals surface area (Å²) in [5.74, 6) is 0.633. The van der Waals surface area contributed by atoms with Gasteiger partial charge in [0.25, 0.3) is 0 Å². The van der Waals surface area contributed by atoms with Crippen molar-refractivity contribution in [1.29, 1.82) is 0 Å². The van der Waals surface area contributed by atoms with Crippen molar-refractivity contribution >= 4 is 5.69 Å². The van der Waals surface area contributed by atoms with Crippen LogP contribution in [0.4, 0.5) is 5.69 Å². The Morgan fingerprint density at radius 3 is 2.33 bits per heavy atom. The van der Waals surface area contributed by atoms with Gasteiger partial charge in [-0.2, -0.15) is 0 Å². The average Bonchev–Trinajstić information content (AvgIpc) is 2.45. The molecule has 3 N–H and O–H groups in total. The molecule has 0 aliphatic heterocycles. The maximum atomic E-state index is 9.27. The monoisotopic (exact) mass is 289 g/mol. The van der Waals surface area contributed by atoms with Crippen LogP contribution in [0.5, 0.6) is 11.8 Å². The molecule has 1 unspecified atom stereocenters. The molecule has 0 bridgehead atoms. The summed E-state index contributed by atoms with van der Waals surface area (Å²) in [6.07, 6.45) is -0.774. The minimum absolute atomic E-state index is 0.266. The molecule has 0 amide bonds. The molecule has 1 atom stereocenters. The Morgan fingerprint density at radius 1 is 1.14 bits per heavy atom. The Balaban J connectivity index is 1.98. The summed E-state index contributed by atoms with van der Waals surface area (Å²) in [4.78, 5) is 8.43. The number of anilines is 1. The fourth-order valence-corrected chi connectivity index (χ4v) is 1.79. The highest BCUT2D eigenvalue weighted by Gasteiger charge is 2.04. The summed E-state index contributed by atoms with van der Waals surface area (Å²) in [6.45, 7) is 3.80. The number of hydrogen-bond acceptors (Lipinski definition) is 6. The minimum atomic E-state index is -0.774. The SMILES string of the molecule is Cc1cc(C)nc(Oc2ccc(NCC(O)CO)cc2)n1. The van der Waals surface area contributed by atoms with Crippen LogP contribution in [0.3, 0.4) is 0 Å². The molecule has 1 heterocycles. The molecule has 1 aromatic heterocycles. The van der Waals surface area contributed by atoms with Gasteiger partial charge in [-0.1, -0.05) is 0 Å². The first-order valence-corrected chi connectivity index (χ1v) is 6.70. The number of ether oxygens (including phenoxy) is 1. The zero-order valence-corrected chi connectivity index (χ0v) is 12.1. The molecule has 2 aromatic rings. The lowest BCUT2D eigenvalue weighted by Crippen LogP contribution is -2.22. The number of hydrogen-bond donors (Lipinski definition) is 3. The van der Waals surface area contributed by atoms with Crippen LogP contribution in [0, 0.1) is 13.8 Å². The largest absolute Gasteiger partial charge is 0.424 e. The Morgan fingerprint density at radius 2 is 1.76 bits per heavy atom. The fraction of sp³-hybridized carbons (Fsp3) is 0.333. The minimum Gasteiger partial charge on any atom is -0.424 e. The van der Waals surface area contributed by atoms with Crippen LogP contribution < -0.4 is 10.1 Å². The molecule has 112 valence electrons. The van der Waals surface area contributed by atoms with Crippen LogP contribution in [0.2, 0.25) is 0 Å². The molecule has 0 saturated carbocycles. The standard InChI is InChI=1S/C15H19N3O3/c1-10-7-11(2)18-15(17-10)21-14-5-3-12(4-6-14)16-8-13(20)9-19/h3-7,13,16,19-20H,8-9H2,1-2H3. The van der Waals surface area contributed by atoms with Crippen LogP contribution in [-0.2, 0) is 0 Å². The summed E-state index contributed by atoms with van der Waals surface area (Å²) in [7, 11) is 0. The quantitative estimate of drug-likeness (QED) is 0.749. The van der Waals surface area contributed by atoms with Crippen molar-refractivity contribution < 1.29 is 14.9 Å². The third-order valence-corrected chi connectivity index (χ3v) is 2.78. The van der Waals surface area contributed by atoms with E-state index < -0.39 is 6.10 Å². The molecule has 21 heavy (non-hydrogen) atoms. The van der Waals surface area contributed by atoms with E-state index in [2.05, 4.69) is 15.3 Å². The lowest BCUT2D eigenvalue weighted by atomic mass is 10.3. The summed E-state index contributed by atoms with van der Waals surface area (Å²) in [5, 5.41) is 21.0. The summed E-state index contributed by atoms with van der Waals surface area (Å²) in [6, 6.07) is 9.42. The Hall–Kier alpha value is -2.18. The number of nitrogens with one attached hydrogen (secondary N) is 1. The van der Waals surface area contributed by atoms with Gasteiger partial charge >= 0.3 is 6.01 Å². The number of aryl methyl sites for hydroxylation is 2. The maximum Gasteiger partial charge on any atom is 0.322 e. The lowest BCUT2D eigenvalue weighted by Gasteiger charge is -2.11. The fourth-order valence-electron chi connectivity index (χ4n) is 1.79. The van der Waals surface area contributed by atoms with Gasteiger partial charge in [-0.25, -0.2) is 9.97 Å². The summed E-state index contributed by atoms with van der Waals surface area (Å²) in [5.41, 5.74) is 2.54. The van der Waals surface area contributed by atoms with E-state index >= 15 is 0 Å². The number of rotatable bonds is 6. The van der Waals surface area contributed by atoms with Crippen molar-refractivity contribution in [2.75, 3.05) is 18.5 Å². The molecule has 0 fully saturated rings. The second kappa shape index (κ2) is 7.01. The zero-order valence-electron chi connectivity index (χ0n) is 12.1. The van der Waals surface area contributed by atoms with Crippen LogP contribution in [0.1, 0.15) is 11.4 Å². The van der Waals surface area contributed by atoms with Crippen LogP contribution >= 0.6 is 0 Å². The normalized spacial score (nSPS) is 12.0. The van der Waals surface area contributed by atoms with E-state index in [1.54, 1.807) is 12.1 Å². The van der Waals surface area contributed by atoms with E-state index in [9.17, 15) is 5.11 Å². The van der Waals surface area contributed by atoms with Crippen molar-refractivity contribution in [1.82, 2.24) is 9.97 Å². The third kappa shape index (κ3) is 4.70. The first-order chi connectivity index (χ1) is 10.1. The molecular weight excluding hydrogens is 270 g/mol. The third-order valence-electron chi connectivity index (χ3n) is 2.78. The van der Waals surface area contributed by atoms with Gasteiger partial charge in [-0.05, 0) is 44.2 Å². The van der Waals surface area contributed by atoms with Crippen LogP contribution in [-0.4, -0.2) is 39.4 Å². The van der Waals surface area contributed by atoms with Gasteiger partial charge in [-0.15, -0.1) is 0 Å². The Kier molecular flexibility index (Phi) is 5.08. The van der Waals surface area contributed by atoms with E-state index in [0.717, 1.165) is 17.1 Å². The molecule has 0 aliphatic carbocycles. The van der Waals surface area contributed by atoms with Gasteiger partial charge < -0.3 is 20.3 Å². The molecule has 6 heteroatoms. The van der Waals surface area contributed by atoms with Crippen molar-refractivity contribution in [3.8, 4) is 11.8 Å². The number of aliphatic hydroxyl groups excluding tert-OH is 2. The van der Waals surface area contributed by atoms with Crippen LogP contribution in [0.25, 0.3) is 0 Å². The van der Waals surface area contributed by atoms with Gasteiger partial charge in [-0.3, -0.25) is 0 Å². The van der Waals surface area contributed by atoms with E-state index in [-0.39, 0.29) is 13.2 Å². The van der Waals surface area contributed by atoms with Gasteiger partial charge in [0, 0.05) is 23.6 Å². The topological polar surface area (TPSA) is 87.5 Å². The predicted molar refractivity (Wildman–Crippen MR) is 79.6 cm³/mol. The van der Waals surface area contributed by atoms with Crippen molar-refractivity contribution in [2.24, 2.45) is 0 Å². The first kappa shape index (κ1) is 15.2. The van der Waals surface area contributed by atoms with Crippen molar-refractivity contribution in [3.63, 3.8) is 0 Å². The van der Waals surface area contributed by atoms with E-state index in [4.69, 9.17) is 9.84 Å². The maximum absolute atomic E-state index is 9.27. The second-order valence-electron chi connectivity index (χ2n) is 4.78. The molecule has 0 spiro atoms. The highest BCUT2D eigenvalue weighted by molar-refractivity contribution is 5.46. The zero-order chi connectivity index (χ0) is 15.2. The average molecular weight is 289 g/mol. The molecule has 0 aliphatic rings. The molecule has 0 radical (unpaired) electrons. The highest BCUT2D eigenvalue weighted by Crippen LogP contribution is 2.20. The van der Waals surface area contributed by atoms with Gasteiger partial charge in [0.15, 0.2) is 0 Å². The smallest absolute Gasteiger partial charge is 0.322 e. The molecule has 6 nitrogen and oxygen atoms in total. The Bertz CT molecular complexity index is 567. The first-order valence-electron chi connectivity index (χ1n) is 6.70. The van der Waals surface area contributed by atoms with Gasteiger partial charge in [0.05, 0.1) is 12.7 Å². The Labute approximate surface area is 123 Å². The van der Waals surface area contributed by atoms with E-state index in [1.807, 2.05) is 32.0 Å². The van der Waals surface area contributed by atoms with E-state index in [1.165, 1.54) is 0 Å². The number of nitrogens with zero attached hydrogens (tertiary/aromatic N) is 2. The lowest BCUT2D eigenvalue weighted by molar-refractivity contribution is 0.105. The summed E-state index contributed by atoms with van der Waals surface area (Å²) >= 11 is 0. The molecule has 2 rings (SSSR count).